The lowest BCUT2D eigenvalue weighted by Gasteiger charge is -2.14. The Labute approximate surface area is 233 Å². The van der Waals surface area contributed by atoms with Crippen LogP contribution < -0.4 is 16.4 Å². The van der Waals surface area contributed by atoms with Crippen LogP contribution in [0.4, 0.5) is 20.8 Å². The van der Waals surface area contributed by atoms with E-state index in [1.165, 1.54) is 6.07 Å². The Morgan fingerprint density at radius 1 is 1.29 bits per heavy atom. The molecule has 0 aliphatic heterocycles. The minimum atomic E-state index is -3.00. The van der Waals surface area contributed by atoms with Crippen LogP contribution in [0.5, 0.6) is 0 Å². The molecule has 3 rings (SSSR count). The number of hydrogen-bond acceptors (Lipinski definition) is 11. The molecular weight excluding hydrogens is 533 g/mol. The number of nitrogens with zero attached hydrogens (tertiary/aromatic N) is 2. The summed E-state index contributed by atoms with van der Waals surface area (Å²) in [4.78, 5) is 20.9. The third-order valence-corrected chi connectivity index (χ3v) is 4.82. The second kappa shape index (κ2) is 18.8. The van der Waals surface area contributed by atoms with Gasteiger partial charge in [-0.3, -0.25) is 5.73 Å². The van der Waals surface area contributed by atoms with Crippen molar-refractivity contribution < 1.29 is 29.2 Å². The number of hydrogen-bond donors (Lipinski definition) is 7. The number of amides is 1. The average Bonchev–Trinajstić information content (AvgIpc) is 3.30. The smallest absolute Gasteiger partial charge is 0.407 e. The number of ether oxygens (including phenoxy) is 1. The number of aromatic nitrogens is 2. The highest BCUT2D eigenvalue weighted by atomic mass is 32.2. The van der Waals surface area contributed by atoms with Gasteiger partial charge >= 0.3 is 12.2 Å². The molecule has 214 valence electrons. The lowest BCUT2D eigenvalue weighted by Crippen LogP contribution is -2.38. The van der Waals surface area contributed by atoms with Gasteiger partial charge in [0.25, 0.3) is 0 Å². The molecule has 0 spiro atoms. The van der Waals surface area contributed by atoms with Crippen LogP contribution in [0, 0.1) is 5.82 Å². The Bertz CT molecular complexity index is 985. The van der Waals surface area contributed by atoms with Crippen molar-refractivity contribution in [3.63, 3.8) is 0 Å². The minimum absolute atomic E-state index is 0.0830. The van der Waals surface area contributed by atoms with Gasteiger partial charge < -0.3 is 30.7 Å². The summed E-state index contributed by atoms with van der Waals surface area (Å²) in [5, 5.41) is 27.9. The molecule has 2 atom stereocenters. The van der Waals surface area contributed by atoms with Gasteiger partial charge in [0.05, 0.1) is 5.69 Å². The Kier molecular flexibility index (Phi) is 17.6. The normalized spacial score (nSPS) is 14.7. The molecule has 0 bridgehead atoms. The van der Waals surface area contributed by atoms with Crippen molar-refractivity contribution in [1.82, 2.24) is 15.3 Å². The Morgan fingerprint density at radius 3 is 2.34 bits per heavy atom. The van der Waals surface area contributed by atoms with Gasteiger partial charge in [-0.25, -0.2) is 19.2 Å². The number of nitrogens with two attached hydrogens (primary N) is 1. The quantitative estimate of drug-likeness (QED) is 0.196. The number of carbonyl (C=O) groups excluding carboxylic acids is 1. The van der Waals surface area contributed by atoms with Gasteiger partial charge in [0.15, 0.2) is 0 Å². The van der Waals surface area contributed by atoms with Gasteiger partial charge in [-0.2, -0.15) is 11.8 Å². The number of allylic oxidation sites excluding steroid dienone is 1. The zero-order chi connectivity index (χ0) is 29.3. The Hall–Kier alpha value is -2.42. The lowest BCUT2D eigenvalue weighted by molar-refractivity contribution is -0.306. The number of alkyl carbamates (subject to hydrolysis) is 1. The first kappa shape index (κ1) is 35.6. The molecule has 1 heterocycles. The molecule has 0 saturated carbocycles. The van der Waals surface area contributed by atoms with Crippen LogP contribution in [0.3, 0.4) is 0 Å². The largest absolute Gasteiger partial charge is 0.442 e. The number of aliphatic hydroxyl groups is 3. The maximum Gasteiger partial charge on any atom is 0.407 e. The van der Waals surface area contributed by atoms with Crippen molar-refractivity contribution in [3.8, 4) is 0 Å². The fraction of sp³-hybridized carbons (Fsp3) is 0.480. The van der Waals surface area contributed by atoms with Gasteiger partial charge in [-0.15, -0.1) is 12.6 Å². The highest BCUT2D eigenvalue weighted by molar-refractivity contribution is 7.97. The van der Waals surface area contributed by atoms with E-state index in [4.69, 9.17) is 20.1 Å². The SMILES string of the molecule is CC.CCC(C)NC(=O)OC1C=C(c2cnc(Nc3ccc(S)cc3F)nc2)CC1.CSC.NC(O)(O)O. The summed E-state index contributed by atoms with van der Waals surface area (Å²) in [5.74, 6) is -0.122. The summed E-state index contributed by atoms with van der Waals surface area (Å²) in [5.41, 5.74) is 6.18. The molecular formula is C25H40FN5O5S2. The molecule has 1 amide bonds. The van der Waals surface area contributed by atoms with E-state index in [0.717, 1.165) is 30.4 Å². The van der Waals surface area contributed by atoms with E-state index in [-0.39, 0.29) is 17.8 Å². The first-order valence-electron chi connectivity index (χ1n) is 12.0. The predicted molar refractivity (Wildman–Crippen MR) is 154 cm³/mol. The summed E-state index contributed by atoms with van der Waals surface area (Å²) >= 11 is 5.85. The van der Waals surface area contributed by atoms with Crippen molar-refractivity contribution in [2.24, 2.45) is 5.73 Å². The first-order valence-corrected chi connectivity index (χ1v) is 14.1. The number of nitrogens with one attached hydrogen (secondary N) is 2. The molecule has 1 aromatic heterocycles. The molecule has 0 radical (unpaired) electrons. The molecule has 10 nitrogen and oxygen atoms in total. The standard InChI is InChI=1S/C20H23FN4O2S.C2H6S.C2H6.CH5NO3/c1-3-12(2)24-20(26)27-15-5-4-13(8-15)14-10-22-19(23-11-14)25-18-7-6-16(28)9-17(18)21;1-3-2;1-2;2-1(3,4)5/h6-12,15,28H,3-5H2,1-2H3,(H,24,26)(H,22,23,25);1-2H3;1-2H3;3-5H,2H2. The number of carbonyl (C=O) groups is 1. The summed E-state index contributed by atoms with van der Waals surface area (Å²) < 4.78 is 19.3. The van der Waals surface area contributed by atoms with Crippen LogP contribution in [0.1, 0.15) is 52.5 Å². The van der Waals surface area contributed by atoms with Gasteiger partial charge in [0.2, 0.25) is 5.95 Å². The van der Waals surface area contributed by atoms with Crippen LogP contribution in [0.15, 0.2) is 41.6 Å². The molecule has 0 fully saturated rings. The third kappa shape index (κ3) is 15.7. The molecule has 13 heteroatoms. The summed E-state index contributed by atoms with van der Waals surface area (Å²) in [7, 11) is 0. The summed E-state index contributed by atoms with van der Waals surface area (Å²) in [6.07, 6.45) is 8.04. The van der Waals surface area contributed by atoms with E-state index in [0.29, 0.717) is 10.8 Å². The molecule has 1 aliphatic rings. The monoisotopic (exact) mass is 573 g/mol. The number of thiol groups is 1. The van der Waals surface area contributed by atoms with Gasteiger partial charge in [-0.1, -0.05) is 20.8 Å². The average molecular weight is 574 g/mol. The summed E-state index contributed by atoms with van der Waals surface area (Å²) in [6.45, 7) is 7.93. The second-order valence-corrected chi connectivity index (χ2v) is 9.14. The molecule has 7 N–H and O–H groups in total. The second-order valence-electron chi connectivity index (χ2n) is 7.81. The van der Waals surface area contributed by atoms with E-state index in [1.54, 1.807) is 36.3 Å². The minimum Gasteiger partial charge on any atom is -0.442 e. The van der Waals surface area contributed by atoms with E-state index in [2.05, 4.69) is 39.0 Å². The zero-order valence-electron chi connectivity index (χ0n) is 22.6. The highest BCUT2D eigenvalue weighted by Gasteiger charge is 2.21. The first-order chi connectivity index (χ1) is 17.9. The molecule has 2 unspecified atom stereocenters. The summed E-state index contributed by atoms with van der Waals surface area (Å²) in [6, 6.07) is 4.67. The lowest BCUT2D eigenvalue weighted by atomic mass is 10.1. The predicted octanol–water partition coefficient (Wildman–Crippen LogP) is 4.26. The maximum absolute atomic E-state index is 13.9. The maximum atomic E-state index is 13.9. The molecule has 1 aromatic carbocycles. The zero-order valence-corrected chi connectivity index (χ0v) is 24.3. The van der Waals surface area contributed by atoms with Crippen LogP contribution >= 0.6 is 24.4 Å². The van der Waals surface area contributed by atoms with E-state index in [1.807, 2.05) is 46.3 Å². The number of thioether (sulfide) groups is 1. The molecule has 0 saturated heterocycles. The molecule has 38 heavy (non-hydrogen) atoms. The van der Waals surface area contributed by atoms with E-state index < -0.39 is 18.0 Å². The van der Waals surface area contributed by atoms with Gasteiger partial charge in [0, 0.05) is 28.9 Å². The van der Waals surface area contributed by atoms with Crippen LogP contribution in [0.25, 0.3) is 5.57 Å². The number of benzene rings is 1. The Morgan fingerprint density at radius 2 is 1.84 bits per heavy atom. The number of anilines is 2. The topological polar surface area (TPSA) is 163 Å². The third-order valence-electron chi connectivity index (χ3n) is 4.54. The van der Waals surface area contributed by atoms with Crippen LogP contribution in [-0.2, 0) is 4.74 Å². The van der Waals surface area contributed by atoms with Crippen LogP contribution in [-0.4, -0.2) is 62.1 Å². The van der Waals surface area contributed by atoms with Crippen LogP contribution in [0.2, 0.25) is 0 Å². The molecule has 2 aromatic rings. The number of halogens is 1. The van der Waals surface area contributed by atoms with Crippen molar-refractivity contribution in [3.05, 3.63) is 48.0 Å². The van der Waals surface area contributed by atoms with Crippen molar-refractivity contribution in [1.29, 1.82) is 0 Å². The fourth-order valence-corrected chi connectivity index (χ4v) is 2.97. The van der Waals surface area contributed by atoms with Gasteiger partial charge in [0.1, 0.15) is 11.9 Å². The Balaban J connectivity index is 0.00000119. The molecule has 1 aliphatic carbocycles. The van der Waals surface area contributed by atoms with Gasteiger partial charge in [-0.05, 0) is 68.5 Å². The van der Waals surface area contributed by atoms with E-state index >= 15 is 0 Å². The van der Waals surface area contributed by atoms with Crippen molar-refractivity contribution >= 4 is 47.7 Å². The number of rotatable bonds is 6. The van der Waals surface area contributed by atoms with E-state index in [9.17, 15) is 9.18 Å². The highest BCUT2D eigenvalue weighted by Crippen LogP contribution is 2.29. The fourth-order valence-electron chi connectivity index (χ4n) is 2.78. The van der Waals surface area contributed by atoms with Crippen molar-refractivity contribution in [2.45, 2.75) is 70.1 Å². The van der Waals surface area contributed by atoms with Crippen molar-refractivity contribution in [2.75, 3.05) is 17.8 Å².